The molecule has 0 aliphatic carbocycles. The summed E-state index contributed by atoms with van der Waals surface area (Å²) in [6.07, 6.45) is 6.99. The van der Waals surface area contributed by atoms with Gasteiger partial charge in [0.1, 0.15) is 0 Å². The molecule has 0 bridgehead atoms. The lowest BCUT2D eigenvalue weighted by atomic mass is 9.99. The van der Waals surface area contributed by atoms with Crippen molar-refractivity contribution in [2.75, 3.05) is 6.26 Å². The Morgan fingerprint density at radius 3 is 2.44 bits per heavy atom. The lowest BCUT2D eigenvalue weighted by molar-refractivity contribution is -0.120. The van der Waals surface area contributed by atoms with Gasteiger partial charge in [-0.15, -0.1) is 0 Å². The van der Waals surface area contributed by atoms with Crippen LogP contribution in [0.2, 0.25) is 0 Å². The second-order valence-electron chi connectivity index (χ2n) is 4.30. The summed E-state index contributed by atoms with van der Waals surface area (Å²) >= 11 is 1.06. The summed E-state index contributed by atoms with van der Waals surface area (Å²) in [6.45, 7) is 5.74. The zero-order valence-corrected chi connectivity index (χ0v) is 12.3. The molecule has 0 rings (SSSR count). The fraction of sp³-hybridized carbons (Fsp3) is 0.571. The first-order valence-corrected chi connectivity index (χ1v) is 7.27. The lowest BCUT2D eigenvalue weighted by Crippen LogP contribution is -2.14. The van der Waals surface area contributed by atoms with Crippen LogP contribution in [0.15, 0.2) is 23.8 Å². The molecular weight excluding hydrogens is 248 g/mol. The van der Waals surface area contributed by atoms with Crippen LogP contribution in [0.3, 0.4) is 0 Å². The van der Waals surface area contributed by atoms with E-state index in [2.05, 4.69) is 0 Å². The molecule has 0 radical (unpaired) electrons. The van der Waals surface area contributed by atoms with Gasteiger partial charge in [-0.3, -0.25) is 9.59 Å². The Balaban J connectivity index is 4.37. The SMILES string of the molecule is CC[C@@H](O)[C@@H](C)/C=C(C)/C=C/C(=O)CC(=O)SC. The minimum Gasteiger partial charge on any atom is -0.393 e. The van der Waals surface area contributed by atoms with E-state index in [-0.39, 0.29) is 29.3 Å². The van der Waals surface area contributed by atoms with E-state index >= 15 is 0 Å². The Morgan fingerprint density at radius 2 is 1.94 bits per heavy atom. The highest BCUT2D eigenvalue weighted by Crippen LogP contribution is 2.11. The summed E-state index contributed by atoms with van der Waals surface area (Å²) in [5.41, 5.74) is 0.917. The Kier molecular flexibility index (Phi) is 8.67. The molecule has 102 valence electrons. The second-order valence-corrected chi connectivity index (χ2v) is 5.16. The number of thioether (sulfide) groups is 1. The molecule has 0 aliphatic heterocycles. The van der Waals surface area contributed by atoms with E-state index in [1.807, 2.05) is 26.8 Å². The summed E-state index contributed by atoms with van der Waals surface area (Å²) in [7, 11) is 0. The summed E-state index contributed by atoms with van der Waals surface area (Å²) in [4.78, 5) is 22.4. The molecule has 3 nitrogen and oxygen atoms in total. The molecule has 0 amide bonds. The van der Waals surface area contributed by atoms with Gasteiger partial charge in [-0.05, 0) is 25.7 Å². The first-order chi connectivity index (χ1) is 8.40. The second kappa shape index (κ2) is 9.11. The van der Waals surface area contributed by atoms with Crippen molar-refractivity contribution in [3.63, 3.8) is 0 Å². The van der Waals surface area contributed by atoms with E-state index in [1.54, 1.807) is 12.3 Å². The van der Waals surface area contributed by atoms with Crippen molar-refractivity contribution in [1.82, 2.24) is 0 Å². The quantitative estimate of drug-likeness (QED) is 0.439. The van der Waals surface area contributed by atoms with Crippen LogP contribution < -0.4 is 0 Å². The van der Waals surface area contributed by atoms with Gasteiger partial charge in [-0.1, -0.05) is 43.3 Å². The van der Waals surface area contributed by atoms with Crippen molar-refractivity contribution < 1.29 is 14.7 Å². The Bertz CT molecular complexity index is 345. The van der Waals surface area contributed by atoms with Gasteiger partial charge in [0.25, 0.3) is 0 Å². The van der Waals surface area contributed by atoms with Crippen LogP contribution in [0.1, 0.15) is 33.6 Å². The van der Waals surface area contributed by atoms with Gasteiger partial charge >= 0.3 is 0 Å². The van der Waals surface area contributed by atoms with E-state index in [0.717, 1.165) is 17.3 Å². The van der Waals surface area contributed by atoms with Crippen molar-refractivity contribution in [1.29, 1.82) is 0 Å². The molecular formula is C14H22O3S. The highest BCUT2D eigenvalue weighted by Gasteiger charge is 2.09. The molecule has 4 heteroatoms. The fourth-order valence-electron chi connectivity index (χ4n) is 1.45. The zero-order valence-electron chi connectivity index (χ0n) is 11.5. The first-order valence-electron chi connectivity index (χ1n) is 6.04. The monoisotopic (exact) mass is 270 g/mol. The predicted molar refractivity (Wildman–Crippen MR) is 76.5 cm³/mol. The van der Waals surface area contributed by atoms with Crippen LogP contribution in [0.5, 0.6) is 0 Å². The summed E-state index contributed by atoms with van der Waals surface area (Å²) in [5.74, 6) is -0.131. The van der Waals surface area contributed by atoms with E-state index in [4.69, 9.17) is 0 Å². The summed E-state index contributed by atoms with van der Waals surface area (Å²) in [6, 6.07) is 0. The molecule has 0 unspecified atom stereocenters. The van der Waals surface area contributed by atoms with Crippen molar-refractivity contribution in [2.24, 2.45) is 5.92 Å². The van der Waals surface area contributed by atoms with Crippen LogP contribution >= 0.6 is 11.8 Å². The topological polar surface area (TPSA) is 54.4 Å². The molecule has 0 aromatic heterocycles. The maximum Gasteiger partial charge on any atom is 0.196 e. The third-order valence-electron chi connectivity index (χ3n) is 2.63. The number of hydrogen-bond donors (Lipinski definition) is 1. The average molecular weight is 270 g/mol. The van der Waals surface area contributed by atoms with E-state index in [1.165, 1.54) is 6.08 Å². The molecule has 0 fully saturated rings. The highest BCUT2D eigenvalue weighted by atomic mass is 32.2. The normalized spacial score (nSPS) is 15.7. The maximum absolute atomic E-state index is 11.4. The molecule has 0 spiro atoms. The van der Waals surface area contributed by atoms with E-state index in [0.29, 0.717) is 6.42 Å². The number of allylic oxidation sites excluding steroid dienone is 3. The molecule has 0 heterocycles. The summed E-state index contributed by atoms with van der Waals surface area (Å²) in [5, 5.41) is 9.50. The standard InChI is InChI=1S/C14H22O3S/c1-5-13(16)11(3)8-10(2)6-7-12(15)9-14(17)18-4/h6-8,11,13,16H,5,9H2,1-4H3/b7-6+,10-8+/t11-,13+/m0/s1. The number of aliphatic hydroxyl groups excluding tert-OH is 1. The molecule has 18 heavy (non-hydrogen) atoms. The smallest absolute Gasteiger partial charge is 0.196 e. The summed E-state index contributed by atoms with van der Waals surface area (Å²) < 4.78 is 0. The minimum absolute atomic E-state index is 0.0575. The van der Waals surface area contributed by atoms with Gasteiger partial charge in [0.2, 0.25) is 0 Å². The van der Waals surface area contributed by atoms with Crippen molar-refractivity contribution in [2.45, 2.75) is 39.7 Å². The van der Waals surface area contributed by atoms with Gasteiger partial charge in [-0.2, -0.15) is 0 Å². The van der Waals surface area contributed by atoms with Gasteiger partial charge in [0.15, 0.2) is 10.9 Å². The highest BCUT2D eigenvalue weighted by molar-refractivity contribution is 8.13. The van der Waals surface area contributed by atoms with Gasteiger partial charge in [0, 0.05) is 5.92 Å². The number of carbonyl (C=O) groups is 2. The Morgan fingerprint density at radius 1 is 1.33 bits per heavy atom. The van der Waals surface area contributed by atoms with Crippen molar-refractivity contribution in [3.8, 4) is 0 Å². The number of carbonyl (C=O) groups excluding carboxylic acids is 2. The average Bonchev–Trinajstić information content (AvgIpc) is 2.34. The molecule has 0 saturated heterocycles. The predicted octanol–water partition coefficient (Wildman–Crippen LogP) is 2.74. The maximum atomic E-state index is 11.4. The third kappa shape index (κ3) is 7.45. The third-order valence-corrected chi connectivity index (χ3v) is 3.23. The molecule has 1 N–H and O–H groups in total. The molecule has 0 aliphatic rings. The fourth-order valence-corrected chi connectivity index (χ4v) is 1.74. The zero-order chi connectivity index (χ0) is 14.1. The molecule has 0 aromatic rings. The van der Waals surface area contributed by atoms with Gasteiger partial charge in [-0.25, -0.2) is 0 Å². The molecule has 0 saturated carbocycles. The largest absolute Gasteiger partial charge is 0.393 e. The molecule has 2 atom stereocenters. The molecule has 0 aromatic carbocycles. The number of ketones is 1. The minimum atomic E-state index is -0.359. The van der Waals surface area contributed by atoms with Crippen LogP contribution in [0.25, 0.3) is 0 Å². The number of rotatable bonds is 7. The number of aliphatic hydroxyl groups is 1. The van der Waals surface area contributed by atoms with Gasteiger partial charge in [0.05, 0.1) is 12.5 Å². The van der Waals surface area contributed by atoms with Crippen LogP contribution in [-0.2, 0) is 9.59 Å². The van der Waals surface area contributed by atoms with Crippen molar-refractivity contribution >= 4 is 22.7 Å². The van der Waals surface area contributed by atoms with Crippen LogP contribution in [-0.4, -0.2) is 28.4 Å². The van der Waals surface area contributed by atoms with Crippen LogP contribution in [0.4, 0.5) is 0 Å². The Labute approximate surface area is 113 Å². The van der Waals surface area contributed by atoms with Crippen LogP contribution in [0, 0.1) is 5.92 Å². The number of hydrogen-bond acceptors (Lipinski definition) is 4. The first kappa shape index (κ1) is 17.1. The lowest BCUT2D eigenvalue weighted by Gasteiger charge is -2.13. The van der Waals surface area contributed by atoms with Gasteiger partial charge < -0.3 is 5.11 Å². The Hall–Kier alpha value is -0.870. The van der Waals surface area contributed by atoms with E-state index in [9.17, 15) is 14.7 Å². The van der Waals surface area contributed by atoms with Crippen molar-refractivity contribution in [3.05, 3.63) is 23.8 Å². The van der Waals surface area contributed by atoms with E-state index < -0.39 is 0 Å².